The Morgan fingerprint density at radius 3 is 2.54 bits per heavy atom. The minimum Gasteiger partial charge on any atom is -0.496 e. The van der Waals surface area contributed by atoms with Gasteiger partial charge in [0.05, 0.1) is 25.7 Å². The van der Waals surface area contributed by atoms with E-state index in [-0.39, 0.29) is 11.2 Å². The number of carbonyl (C=O) groups is 1. The van der Waals surface area contributed by atoms with Gasteiger partial charge in [-0.05, 0) is 37.6 Å². The first kappa shape index (κ1) is 19.8. The van der Waals surface area contributed by atoms with Crippen molar-refractivity contribution >= 4 is 23.9 Å². The second kappa shape index (κ2) is 9.87. The molecule has 0 aliphatic heterocycles. The lowest BCUT2D eigenvalue weighted by molar-refractivity contribution is -0.120. The summed E-state index contributed by atoms with van der Waals surface area (Å²) >= 11 is 1.49. The molecule has 5 nitrogen and oxygen atoms in total. The minimum absolute atomic E-state index is 0.154. The quantitative estimate of drug-likeness (QED) is 0.434. The third kappa shape index (κ3) is 5.02. The molecule has 26 heavy (non-hydrogen) atoms. The fourth-order valence-electron chi connectivity index (χ4n) is 2.51. The number of rotatable bonds is 8. The summed E-state index contributed by atoms with van der Waals surface area (Å²) in [6, 6.07) is 13.5. The van der Waals surface area contributed by atoms with Gasteiger partial charge in [0.15, 0.2) is 0 Å². The Bertz CT molecular complexity index is 763. The van der Waals surface area contributed by atoms with Crippen molar-refractivity contribution in [1.29, 1.82) is 0 Å². The highest BCUT2D eigenvalue weighted by molar-refractivity contribution is 8.00. The van der Waals surface area contributed by atoms with Crippen molar-refractivity contribution in [3.8, 4) is 11.5 Å². The summed E-state index contributed by atoms with van der Waals surface area (Å²) in [5.74, 6) is 1.33. The Kier molecular flexibility index (Phi) is 7.53. The Labute approximate surface area is 158 Å². The van der Waals surface area contributed by atoms with Gasteiger partial charge in [0, 0.05) is 16.0 Å². The number of thioether (sulfide) groups is 1. The van der Waals surface area contributed by atoms with Gasteiger partial charge in [-0.1, -0.05) is 25.1 Å². The van der Waals surface area contributed by atoms with Crippen LogP contribution in [0.15, 0.2) is 52.5 Å². The van der Waals surface area contributed by atoms with Gasteiger partial charge in [-0.3, -0.25) is 4.79 Å². The van der Waals surface area contributed by atoms with Crippen molar-refractivity contribution in [3.63, 3.8) is 0 Å². The first-order chi connectivity index (χ1) is 12.6. The van der Waals surface area contributed by atoms with Gasteiger partial charge in [-0.15, -0.1) is 11.8 Å². The van der Waals surface area contributed by atoms with Crippen LogP contribution < -0.4 is 14.9 Å². The van der Waals surface area contributed by atoms with E-state index in [0.717, 1.165) is 28.2 Å². The zero-order valence-corrected chi connectivity index (χ0v) is 16.3. The smallest absolute Gasteiger partial charge is 0.253 e. The van der Waals surface area contributed by atoms with E-state index in [1.165, 1.54) is 11.8 Å². The summed E-state index contributed by atoms with van der Waals surface area (Å²) in [5.41, 5.74) is 4.35. The molecule has 138 valence electrons. The predicted molar refractivity (Wildman–Crippen MR) is 106 cm³/mol. The maximum absolute atomic E-state index is 12.2. The van der Waals surface area contributed by atoms with Gasteiger partial charge in [0.25, 0.3) is 5.91 Å². The summed E-state index contributed by atoms with van der Waals surface area (Å²) in [5, 5.41) is 3.83. The van der Waals surface area contributed by atoms with Gasteiger partial charge in [-0.2, -0.15) is 5.10 Å². The highest BCUT2D eigenvalue weighted by Gasteiger charge is 2.14. The largest absolute Gasteiger partial charge is 0.496 e. The number of hydrogen-bond donors (Lipinski definition) is 1. The van der Waals surface area contributed by atoms with E-state index < -0.39 is 0 Å². The van der Waals surface area contributed by atoms with Gasteiger partial charge < -0.3 is 9.47 Å². The SMILES string of the molecule is CCc1c(OC)ccc(/C=N\NC(=O)[C@H](C)Sc2ccccc2)c1OC. The molecule has 1 atom stereocenters. The molecule has 0 fully saturated rings. The Balaban J connectivity index is 2.04. The lowest BCUT2D eigenvalue weighted by atomic mass is 10.1. The number of nitrogens with zero attached hydrogens (tertiary/aromatic N) is 1. The molecule has 2 aromatic rings. The Morgan fingerprint density at radius 2 is 1.92 bits per heavy atom. The van der Waals surface area contributed by atoms with E-state index in [4.69, 9.17) is 9.47 Å². The second-order valence-corrected chi connectivity index (χ2v) is 6.94. The molecular weight excluding hydrogens is 348 g/mol. The normalized spacial score (nSPS) is 12.0. The molecule has 1 N–H and O–H groups in total. The summed E-state index contributed by atoms with van der Waals surface area (Å²) in [6.07, 6.45) is 2.36. The Hall–Kier alpha value is -2.47. The number of ether oxygens (including phenoxy) is 2. The highest BCUT2D eigenvalue weighted by Crippen LogP contribution is 2.31. The van der Waals surface area contributed by atoms with Crippen molar-refractivity contribution in [1.82, 2.24) is 5.43 Å². The van der Waals surface area contributed by atoms with Crippen LogP contribution in [0.1, 0.15) is 25.0 Å². The first-order valence-electron chi connectivity index (χ1n) is 8.39. The van der Waals surface area contributed by atoms with Crippen LogP contribution >= 0.6 is 11.8 Å². The van der Waals surface area contributed by atoms with E-state index >= 15 is 0 Å². The topological polar surface area (TPSA) is 59.9 Å². The summed E-state index contributed by atoms with van der Waals surface area (Å²) in [7, 11) is 3.25. The minimum atomic E-state index is -0.251. The van der Waals surface area contributed by atoms with E-state index in [1.54, 1.807) is 20.4 Å². The van der Waals surface area contributed by atoms with Crippen molar-refractivity contribution in [2.45, 2.75) is 30.4 Å². The van der Waals surface area contributed by atoms with E-state index in [9.17, 15) is 4.79 Å². The molecule has 2 aromatic carbocycles. The molecule has 0 saturated heterocycles. The van der Waals surface area contributed by atoms with Crippen LogP contribution in [0.4, 0.5) is 0 Å². The van der Waals surface area contributed by atoms with Crippen LogP contribution in [-0.2, 0) is 11.2 Å². The van der Waals surface area contributed by atoms with Crippen LogP contribution in [0.2, 0.25) is 0 Å². The molecule has 0 heterocycles. The van der Waals surface area contributed by atoms with E-state index in [0.29, 0.717) is 5.75 Å². The van der Waals surface area contributed by atoms with Gasteiger partial charge >= 0.3 is 0 Å². The molecular formula is C20H24N2O3S. The number of hydrogen-bond acceptors (Lipinski definition) is 5. The second-order valence-electron chi connectivity index (χ2n) is 5.53. The van der Waals surface area contributed by atoms with Crippen LogP contribution in [0, 0.1) is 0 Å². The Morgan fingerprint density at radius 1 is 1.19 bits per heavy atom. The van der Waals surface area contributed by atoms with Crippen molar-refractivity contribution in [2.24, 2.45) is 5.10 Å². The molecule has 0 spiro atoms. The zero-order chi connectivity index (χ0) is 18.9. The molecule has 0 aliphatic rings. The monoisotopic (exact) mass is 372 g/mol. The fraction of sp³-hybridized carbons (Fsp3) is 0.300. The number of methoxy groups -OCH3 is 2. The third-order valence-electron chi connectivity index (χ3n) is 3.83. The van der Waals surface area contributed by atoms with Gasteiger partial charge in [0.1, 0.15) is 11.5 Å². The molecule has 0 radical (unpaired) electrons. The van der Waals surface area contributed by atoms with Crippen LogP contribution in [-0.4, -0.2) is 31.6 Å². The van der Waals surface area contributed by atoms with E-state index in [2.05, 4.69) is 10.5 Å². The van der Waals surface area contributed by atoms with Crippen molar-refractivity contribution in [3.05, 3.63) is 53.6 Å². The zero-order valence-electron chi connectivity index (χ0n) is 15.5. The van der Waals surface area contributed by atoms with Crippen LogP contribution in [0.5, 0.6) is 11.5 Å². The highest BCUT2D eigenvalue weighted by atomic mass is 32.2. The van der Waals surface area contributed by atoms with Gasteiger partial charge in [-0.25, -0.2) is 5.43 Å². The molecule has 1 amide bonds. The summed E-state index contributed by atoms with van der Waals surface area (Å²) in [6.45, 7) is 3.89. The molecule has 0 aliphatic carbocycles. The standard InChI is InChI=1S/C20H24N2O3S/c1-5-17-18(24-3)12-11-15(19(17)25-4)13-21-22-20(23)14(2)26-16-9-7-6-8-10-16/h6-14H,5H2,1-4H3,(H,22,23)/b21-13-/t14-/m0/s1. The molecule has 0 saturated carbocycles. The van der Waals surface area contributed by atoms with E-state index in [1.807, 2.05) is 56.3 Å². The average Bonchev–Trinajstić information content (AvgIpc) is 2.67. The van der Waals surface area contributed by atoms with Gasteiger partial charge in [0.2, 0.25) is 0 Å². The third-order valence-corrected chi connectivity index (χ3v) is 4.94. The lowest BCUT2D eigenvalue weighted by Gasteiger charge is -2.14. The molecule has 0 unspecified atom stereocenters. The first-order valence-corrected chi connectivity index (χ1v) is 9.27. The van der Waals surface area contributed by atoms with Crippen molar-refractivity contribution < 1.29 is 14.3 Å². The number of amides is 1. The summed E-state index contributed by atoms with van der Waals surface area (Å²) < 4.78 is 10.9. The number of hydrazone groups is 1. The molecule has 6 heteroatoms. The molecule has 0 aromatic heterocycles. The summed E-state index contributed by atoms with van der Waals surface area (Å²) in [4.78, 5) is 13.3. The molecule has 0 bridgehead atoms. The lowest BCUT2D eigenvalue weighted by Crippen LogP contribution is -2.26. The van der Waals surface area contributed by atoms with Crippen LogP contribution in [0.3, 0.4) is 0 Å². The fourth-order valence-corrected chi connectivity index (χ4v) is 3.39. The molecule has 2 rings (SSSR count). The number of benzene rings is 2. The van der Waals surface area contributed by atoms with Crippen LogP contribution in [0.25, 0.3) is 0 Å². The maximum atomic E-state index is 12.2. The predicted octanol–water partition coefficient (Wildman–Crippen LogP) is 3.90. The number of carbonyl (C=O) groups excluding carboxylic acids is 1. The number of nitrogens with one attached hydrogen (secondary N) is 1. The van der Waals surface area contributed by atoms with Crippen molar-refractivity contribution in [2.75, 3.05) is 14.2 Å². The maximum Gasteiger partial charge on any atom is 0.253 e. The average molecular weight is 372 g/mol.